The Labute approximate surface area is 146 Å². The number of aryl methyl sites for hydroxylation is 1. The van der Waals surface area contributed by atoms with Gasteiger partial charge in [-0.2, -0.15) is 22.1 Å². The molecule has 10 heteroatoms. The smallest absolute Gasteiger partial charge is 0.341 e. The highest BCUT2D eigenvalue weighted by molar-refractivity contribution is 7.87. The lowest BCUT2D eigenvalue weighted by Crippen LogP contribution is -2.10. The summed E-state index contributed by atoms with van der Waals surface area (Å²) >= 11 is 0.948. The summed E-state index contributed by atoms with van der Waals surface area (Å²) in [6.45, 7) is 1.69. The average Bonchev–Trinajstić information content (AvgIpc) is 3.23. The number of benzene rings is 2. The zero-order chi connectivity index (χ0) is 17.4. The van der Waals surface area contributed by atoms with Gasteiger partial charge in [0.2, 0.25) is 11.7 Å². The second kappa shape index (κ2) is 5.90. The molecule has 0 N–H and O–H groups in total. The third-order valence-electron chi connectivity index (χ3n) is 3.36. The minimum absolute atomic E-state index is 0.0170. The van der Waals surface area contributed by atoms with Crippen molar-refractivity contribution >= 4 is 32.9 Å². The molecule has 0 saturated carbocycles. The molecular formula is C15H10N4O4S2. The van der Waals surface area contributed by atoms with Crippen molar-refractivity contribution in [2.45, 2.75) is 11.8 Å². The zero-order valence-electron chi connectivity index (χ0n) is 12.8. The molecule has 0 spiro atoms. The molecule has 0 atom stereocenters. The molecular weight excluding hydrogens is 364 g/mol. The van der Waals surface area contributed by atoms with E-state index >= 15 is 0 Å². The minimum Gasteiger partial charge on any atom is -0.379 e. The van der Waals surface area contributed by atoms with Crippen LogP contribution >= 0.6 is 11.7 Å². The Morgan fingerprint density at radius 3 is 2.60 bits per heavy atom. The van der Waals surface area contributed by atoms with Gasteiger partial charge in [-0.15, -0.1) is 0 Å². The molecule has 0 aliphatic heterocycles. The van der Waals surface area contributed by atoms with Gasteiger partial charge in [0, 0.05) is 12.5 Å². The van der Waals surface area contributed by atoms with Crippen molar-refractivity contribution in [1.29, 1.82) is 0 Å². The van der Waals surface area contributed by atoms with Crippen LogP contribution in [0.5, 0.6) is 5.75 Å². The van der Waals surface area contributed by atoms with Crippen LogP contribution in [0.2, 0.25) is 0 Å². The zero-order valence-corrected chi connectivity index (χ0v) is 14.4. The molecule has 0 fully saturated rings. The highest BCUT2D eigenvalue weighted by atomic mass is 32.2. The molecule has 2 aromatic carbocycles. The molecule has 2 heterocycles. The van der Waals surface area contributed by atoms with Gasteiger partial charge in [0.1, 0.15) is 21.7 Å². The van der Waals surface area contributed by atoms with Gasteiger partial charge in [-0.1, -0.05) is 11.2 Å². The lowest BCUT2D eigenvalue weighted by molar-refractivity contribution is 0.394. The second-order valence-corrected chi connectivity index (χ2v) is 7.13. The van der Waals surface area contributed by atoms with Crippen molar-refractivity contribution in [3.8, 4) is 17.1 Å². The molecule has 126 valence electrons. The van der Waals surface area contributed by atoms with Crippen LogP contribution in [0.15, 0.2) is 51.9 Å². The Hall–Kier alpha value is -2.85. The number of hydrogen-bond acceptors (Lipinski definition) is 9. The topological polar surface area (TPSA) is 108 Å². The quantitative estimate of drug-likeness (QED) is 0.502. The molecule has 0 aliphatic carbocycles. The summed E-state index contributed by atoms with van der Waals surface area (Å²) in [4.78, 5) is 4.09. The third-order valence-corrected chi connectivity index (χ3v) is 5.19. The SMILES string of the molecule is Cc1nc(-c2ccc(OS(=O)(=O)c3cccc4nsnc34)cc2)no1. The first-order chi connectivity index (χ1) is 12.0. The van der Waals surface area contributed by atoms with E-state index in [4.69, 9.17) is 8.71 Å². The third kappa shape index (κ3) is 2.96. The number of hydrogen-bond donors (Lipinski definition) is 0. The Morgan fingerprint density at radius 1 is 1.08 bits per heavy atom. The van der Waals surface area contributed by atoms with Gasteiger partial charge in [0.25, 0.3) is 0 Å². The first-order valence-corrected chi connectivity index (χ1v) is 9.23. The minimum atomic E-state index is -4.03. The fourth-order valence-corrected chi connectivity index (χ4v) is 3.92. The van der Waals surface area contributed by atoms with E-state index < -0.39 is 10.1 Å². The van der Waals surface area contributed by atoms with Crippen molar-refractivity contribution < 1.29 is 17.1 Å². The number of rotatable bonds is 4. The standard InChI is InChI=1S/C15H10N4O4S2/c1-9-16-15(17-22-9)10-5-7-11(8-6-10)23-25(20,21)13-4-2-3-12-14(13)19-24-18-12/h2-8H,1H3. The van der Waals surface area contributed by atoms with Crippen LogP contribution in [0.3, 0.4) is 0 Å². The first-order valence-electron chi connectivity index (χ1n) is 7.09. The van der Waals surface area contributed by atoms with Crippen LogP contribution in [0.4, 0.5) is 0 Å². The molecule has 0 bridgehead atoms. The number of fused-ring (bicyclic) bond motifs is 1. The van der Waals surface area contributed by atoms with E-state index in [0.717, 1.165) is 11.7 Å². The van der Waals surface area contributed by atoms with E-state index in [0.29, 0.717) is 28.3 Å². The van der Waals surface area contributed by atoms with Gasteiger partial charge in [-0.25, -0.2) is 0 Å². The molecule has 8 nitrogen and oxygen atoms in total. The summed E-state index contributed by atoms with van der Waals surface area (Å²) in [6.07, 6.45) is 0. The molecule has 4 rings (SSSR count). The summed E-state index contributed by atoms with van der Waals surface area (Å²) in [6, 6.07) is 11.1. The molecule has 25 heavy (non-hydrogen) atoms. The maximum atomic E-state index is 12.5. The van der Waals surface area contributed by atoms with Gasteiger partial charge < -0.3 is 8.71 Å². The molecule has 0 radical (unpaired) electrons. The van der Waals surface area contributed by atoms with Crippen LogP contribution in [0, 0.1) is 6.92 Å². The lowest BCUT2D eigenvalue weighted by Gasteiger charge is -2.07. The van der Waals surface area contributed by atoms with Crippen LogP contribution in [0.1, 0.15) is 5.89 Å². The Kier molecular flexibility index (Phi) is 3.70. The second-order valence-electron chi connectivity index (χ2n) is 5.09. The van der Waals surface area contributed by atoms with E-state index in [1.807, 2.05) is 0 Å². The maximum Gasteiger partial charge on any atom is 0.341 e. The van der Waals surface area contributed by atoms with Crippen LogP contribution in [-0.2, 0) is 10.1 Å². The molecule has 2 aromatic heterocycles. The molecule has 0 saturated heterocycles. The van der Waals surface area contributed by atoms with Crippen molar-refractivity contribution in [3.63, 3.8) is 0 Å². The first kappa shape index (κ1) is 15.7. The van der Waals surface area contributed by atoms with Crippen LogP contribution < -0.4 is 4.18 Å². The van der Waals surface area contributed by atoms with E-state index in [2.05, 4.69) is 18.9 Å². The highest BCUT2D eigenvalue weighted by Gasteiger charge is 2.22. The van der Waals surface area contributed by atoms with E-state index in [9.17, 15) is 8.42 Å². The van der Waals surface area contributed by atoms with Crippen LogP contribution in [-0.4, -0.2) is 27.3 Å². The fraction of sp³-hybridized carbons (Fsp3) is 0.0667. The molecule has 0 amide bonds. The van der Waals surface area contributed by atoms with Crippen molar-refractivity contribution in [2.24, 2.45) is 0 Å². The predicted molar refractivity (Wildman–Crippen MR) is 89.7 cm³/mol. The molecule has 4 aromatic rings. The summed E-state index contributed by atoms with van der Waals surface area (Å²) < 4.78 is 43.3. The Bertz CT molecular complexity index is 1150. The monoisotopic (exact) mass is 374 g/mol. The van der Waals surface area contributed by atoms with Crippen molar-refractivity contribution in [3.05, 3.63) is 48.4 Å². The highest BCUT2D eigenvalue weighted by Crippen LogP contribution is 2.26. The molecule has 0 unspecified atom stereocenters. The molecule has 0 aliphatic rings. The van der Waals surface area contributed by atoms with Crippen molar-refractivity contribution in [2.75, 3.05) is 0 Å². The summed E-state index contributed by atoms with van der Waals surface area (Å²) in [5.74, 6) is 1.04. The van der Waals surface area contributed by atoms with Gasteiger partial charge in [0.05, 0.1) is 11.7 Å². The van der Waals surface area contributed by atoms with Gasteiger partial charge >= 0.3 is 10.1 Å². The Balaban J connectivity index is 1.64. The average molecular weight is 374 g/mol. The predicted octanol–water partition coefficient (Wildman–Crippen LogP) is 2.82. The fourth-order valence-electron chi connectivity index (χ4n) is 2.23. The van der Waals surface area contributed by atoms with Crippen LogP contribution in [0.25, 0.3) is 22.4 Å². The Morgan fingerprint density at radius 2 is 1.88 bits per heavy atom. The summed E-state index contributed by atoms with van der Waals surface area (Å²) in [5.41, 5.74) is 1.50. The largest absolute Gasteiger partial charge is 0.379 e. The van der Waals surface area contributed by atoms with Gasteiger partial charge in [0.15, 0.2) is 0 Å². The number of aromatic nitrogens is 4. The van der Waals surface area contributed by atoms with E-state index in [1.165, 1.54) is 18.2 Å². The summed E-state index contributed by atoms with van der Waals surface area (Å²) in [7, 11) is -4.03. The van der Waals surface area contributed by atoms with Crippen molar-refractivity contribution in [1.82, 2.24) is 18.9 Å². The summed E-state index contributed by atoms with van der Waals surface area (Å²) in [5, 5.41) is 3.81. The van der Waals surface area contributed by atoms with E-state index in [-0.39, 0.29) is 10.6 Å². The lowest BCUT2D eigenvalue weighted by atomic mass is 10.2. The van der Waals surface area contributed by atoms with E-state index in [1.54, 1.807) is 31.2 Å². The number of nitrogens with zero attached hydrogens (tertiary/aromatic N) is 4. The van der Waals surface area contributed by atoms with Gasteiger partial charge in [-0.05, 0) is 36.4 Å². The maximum absolute atomic E-state index is 12.5. The van der Waals surface area contributed by atoms with Gasteiger partial charge in [-0.3, -0.25) is 0 Å². The normalized spacial score (nSPS) is 11.7.